The van der Waals surface area contributed by atoms with Crippen molar-refractivity contribution in [2.24, 2.45) is 0 Å². The minimum absolute atomic E-state index is 0.136. The maximum atomic E-state index is 12.5. The SMILES string of the molecule is Nc1cccc2c1C(=O)c1c(Cl)ccc(N)c1C2=O. The van der Waals surface area contributed by atoms with Gasteiger partial charge in [-0.2, -0.15) is 0 Å². The van der Waals surface area contributed by atoms with Gasteiger partial charge in [-0.1, -0.05) is 23.7 Å². The second-order valence-corrected chi connectivity index (χ2v) is 4.72. The molecule has 0 spiro atoms. The highest BCUT2D eigenvalue weighted by molar-refractivity contribution is 6.40. The van der Waals surface area contributed by atoms with Crippen LogP contribution in [0.1, 0.15) is 31.8 Å². The number of nitrogen functional groups attached to an aromatic ring is 2. The highest BCUT2D eigenvalue weighted by Gasteiger charge is 2.34. The summed E-state index contributed by atoms with van der Waals surface area (Å²) in [6.45, 7) is 0. The molecule has 1 aliphatic carbocycles. The van der Waals surface area contributed by atoms with E-state index >= 15 is 0 Å². The van der Waals surface area contributed by atoms with Gasteiger partial charge in [-0.05, 0) is 18.2 Å². The lowest BCUT2D eigenvalue weighted by atomic mass is 9.82. The van der Waals surface area contributed by atoms with Crippen molar-refractivity contribution in [3.8, 4) is 0 Å². The van der Waals surface area contributed by atoms with Gasteiger partial charge in [0.2, 0.25) is 0 Å². The third-order valence-electron chi connectivity index (χ3n) is 3.21. The smallest absolute Gasteiger partial charge is 0.198 e. The topological polar surface area (TPSA) is 86.2 Å². The van der Waals surface area contributed by atoms with Crippen molar-refractivity contribution in [1.82, 2.24) is 0 Å². The van der Waals surface area contributed by atoms with E-state index in [0.717, 1.165) is 0 Å². The summed E-state index contributed by atoms with van der Waals surface area (Å²) in [5.41, 5.74) is 12.9. The van der Waals surface area contributed by atoms with Gasteiger partial charge in [0, 0.05) is 16.9 Å². The molecular weight excluding hydrogens is 264 g/mol. The molecule has 0 aromatic heterocycles. The highest BCUT2D eigenvalue weighted by atomic mass is 35.5. The number of carbonyl (C=O) groups is 2. The Morgan fingerprint density at radius 3 is 2.21 bits per heavy atom. The average Bonchev–Trinajstić information content (AvgIpc) is 2.38. The molecular formula is C14H9ClN2O2. The molecule has 0 bridgehead atoms. The molecule has 0 unspecified atom stereocenters. The molecule has 2 aromatic rings. The van der Waals surface area contributed by atoms with E-state index in [0.29, 0.717) is 0 Å². The van der Waals surface area contributed by atoms with Gasteiger partial charge < -0.3 is 11.5 Å². The molecule has 0 radical (unpaired) electrons. The molecule has 4 N–H and O–H groups in total. The van der Waals surface area contributed by atoms with Crippen LogP contribution >= 0.6 is 11.6 Å². The van der Waals surface area contributed by atoms with Gasteiger partial charge in [0.15, 0.2) is 11.6 Å². The van der Waals surface area contributed by atoms with Crippen LogP contribution in [0.2, 0.25) is 5.02 Å². The molecule has 94 valence electrons. The third kappa shape index (κ3) is 1.47. The van der Waals surface area contributed by atoms with Crippen LogP contribution < -0.4 is 11.5 Å². The quantitative estimate of drug-likeness (QED) is 0.615. The first-order valence-electron chi connectivity index (χ1n) is 5.58. The number of ketones is 2. The molecule has 5 heteroatoms. The zero-order valence-corrected chi connectivity index (χ0v) is 10.5. The number of hydrogen-bond donors (Lipinski definition) is 2. The largest absolute Gasteiger partial charge is 0.398 e. The summed E-state index contributed by atoms with van der Waals surface area (Å²) >= 11 is 6.02. The monoisotopic (exact) mass is 272 g/mol. The number of carbonyl (C=O) groups excluding carboxylic acids is 2. The summed E-state index contributed by atoms with van der Waals surface area (Å²) in [5, 5.41) is 0.205. The zero-order chi connectivity index (χ0) is 13.7. The number of nitrogens with two attached hydrogens (primary N) is 2. The average molecular weight is 273 g/mol. The molecule has 3 rings (SSSR count). The van der Waals surface area contributed by atoms with Crippen LogP contribution in [-0.4, -0.2) is 11.6 Å². The van der Waals surface area contributed by atoms with Crippen LogP contribution in [0.25, 0.3) is 0 Å². The molecule has 4 nitrogen and oxygen atoms in total. The first-order valence-corrected chi connectivity index (χ1v) is 5.96. The summed E-state index contributed by atoms with van der Waals surface area (Å²) in [6, 6.07) is 7.80. The first-order chi connectivity index (χ1) is 9.02. The Hall–Kier alpha value is -2.33. The number of benzene rings is 2. The van der Waals surface area contributed by atoms with Crippen molar-refractivity contribution in [3.05, 3.63) is 57.6 Å². The Labute approximate surface area is 114 Å². The Morgan fingerprint density at radius 2 is 1.47 bits per heavy atom. The van der Waals surface area contributed by atoms with Gasteiger partial charge >= 0.3 is 0 Å². The van der Waals surface area contributed by atoms with Crippen LogP contribution in [0.3, 0.4) is 0 Å². The third-order valence-corrected chi connectivity index (χ3v) is 3.52. The maximum Gasteiger partial charge on any atom is 0.198 e. The van der Waals surface area contributed by atoms with Gasteiger partial charge in [0.05, 0.1) is 21.7 Å². The fourth-order valence-corrected chi connectivity index (χ4v) is 2.58. The fraction of sp³-hybridized carbons (Fsp3) is 0. The summed E-state index contributed by atoms with van der Waals surface area (Å²) in [7, 11) is 0. The summed E-state index contributed by atoms with van der Waals surface area (Å²) in [4.78, 5) is 24.9. The molecule has 0 heterocycles. The Kier molecular flexibility index (Phi) is 2.37. The van der Waals surface area contributed by atoms with Crippen molar-refractivity contribution in [3.63, 3.8) is 0 Å². The van der Waals surface area contributed by atoms with Gasteiger partial charge in [-0.25, -0.2) is 0 Å². The van der Waals surface area contributed by atoms with Crippen molar-refractivity contribution in [2.75, 3.05) is 11.5 Å². The molecule has 0 fully saturated rings. The van der Waals surface area contributed by atoms with E-state index in [2.05, 4.69) is 0 Å². The summed E-state index contributed by atoms with van der Waals surface area (Å²) in [6.07, 6.45) is 0. The van der Waals surface area contributed by atoms with Crippen molar-refractivity contribution < 1.29 is 9.59 Å². The van der Waals surface area contributed by atoms with E-state index in [9.17, 15) is 9.59 Å². The molecule has 19 heavy (non-hydrogen) atoms. The molecule has 0 saturated heterocycles. The van der Waals surface area contributed by atoms with E-state index in [1.54, 1.807) is 18.2 Å². The van der Waals surface area contributed by atoms with Crippen molar-refractivity contribution >= 4 is 34.5 Å². The Balaban J connectivity index is 2.43. The van der Waals surface area contributed by atoms with Crippen molar-refractivity contribution in [1.29, 1.82) is 0 Å². The van der Waals surface area contributed by atoms with Crippen LogP contribution in [0, 0.1) is 0 Å². The summed E-state index contributed by atoms with van der Waals surface area (Å²) < 4.78 is 0. The van der Waals surface area contributed by atoms with Crippen LogP contribution in [0.15, 0.2) is 30.3 Å². The zero-order valence-electron chi connectivity index (χ0n) is 9.74. The molecule has 1 aliphatic rings. The lowest BCUT2D eigenvalue weighted by molar-refractivity contribution is 0.0980. The van der Waals surface area contributed by atoms with E-state index in [1.165, 1.54) is 12.1 Å². The van der Waals surface area contributed by atoms with E-state index < -0.39 is 0 Å². The van der Waals surface area contributed by atoms with Gasteiger partial charge in [0.1, 0.15) is 0 Å². The number of halogens is 1. The predicted molar refractivity (Wildman–Crippen MR) is 73.6 cm³/mol. The molecule has 0 atom stereocenters. The summed E-state index contributed by atoms with van der Waals surface area (Å²) in [5.74, 6) is -0.683. The van der Waals surface area contributed by atoms with Gasteiger partial charge in [-0.15, -0.1) is 0 Å². The van der Waals surface area contributed by atoms with Crippen LogP contribution in [-0.2, 0) is 0 Å². The first kappa shape index (κ1) is 11.7. The van der Waals surface area contributed by atoms with Gasteiger partial charge in [-0.3, -0.25) is 9.59 Å². The molecule has 2 aromatic carbocycles. The van der Waals surface area contributed by atoms with Crippen LogP contribution in [0.4, 0.5) is 11.4 Å². The Bertz CT molecular complexity index is 753. The fourth-order valence-electron chi connectivity index (χ4n) is 2.33. The molecule has 0 aliphatic heterocycles. The van der Waals surface area contributed by atoms with Crippen molar-refractivity contribution in [2.45, 2.75) is 0 Å². The minimum Gasteiger partial charge on any atom is -0.398 e. The van der Waals surface area contributed by atoms with Gasteiger partial charge in [0.25, 0.3) is 0 Å². The molecule has 0 amide bonds. The van der Waals surface area contributed by atoms with E-state index in [1.807, 2.05) is 0 Å². The number of anilines is 2. The van der Waals surface area contributed by atoms with E-state index in [-0.39, 0.29) is 50.2 Å². The number of rotatable bonds is 0. The lowest BCUT2D eigenvalue weighted by Crippen LogP contribution is -2.24. The number of fused-ring (bicyclic) bond motifs is 2. The normalized spacial score (nSPS) is 13.1. The highest BCUT2D eigenvalue weighted by Crippen LogP contribution is 2.36. The second kappa shape index (κ2) is 3.83. The predicted octanol–water partition coefficient (Wildman–Crippen LogP) is 2.28. The molecule has 0 saturated carbocycles. The van der Waals surface area contributed by atoms with E-state index in [4.69, 9.17) is 23.1 Å². The lowest BCUT2D eigenvalue weighted by Gasteiger charge is -2.20. The minimum atomic E-state index is -0.361. The number of hydrogen-bond acceptors (Lipinski definition) is 4. The maximum absolute atomic E-state index is 12.5. The van der Waals surface area contributed by atoms with Crippen LogP contribution in [0.5, 0.6) is 0 Å². The standard InChI is InChI=1S/C14H9ClN2O2/c15-7-4-5-9(17)12-11(7)14(19)10-6(13(12)18)2-1-3-8(10)16/h1-5H,16-17H2. The Morgan fingerprint density at radius 1 is 0.789 bits per heavy atom. The second-order valence-electron chi connectivity index (χ2n) is 4.31.